The van der Waals surface area contributed by atoms with Crippen LogP contribution < -0.4 is 10.1 Å². The van der Waals surface area contributed by atoms with Crippen molar-refractivity contribution in [3.05, 3.63) is 23.9 Å². The predicted molar refractivity (Wildman–Crippen MR) is 78.9 cm³/mol. The summed E-state index contributed by atoms with van der Waals surface area (Å²) in [6.45, 7) is 3.47. The zero-order valence-corrected chi connectivity index (χ0v) is 12.8. The molecule has 122 valence electrons. The molecule has 1 fully saturated rings. The Morgan fingerprint density at radius 3 is 2.95 bits per heavy atom. The quantitative estimate of drug-likeness (QED) is 0.782. The van der Waals surface area contributed by atoms with Crippen LogP contribution in [0.15, 0.2) is 18.3 Å². The molecule has 3 atom stereocenters. The lowest BCUT2D eigenvalue weighted by Gasteiger charge is -2.33. The van der Waals surface area contributed by atoms with Gasteiger partial charge in [0.15, 0.2) is 0 Å². The highest BCUT2D eigenvalue weighted by Crippen LogP contribution is 2.17. The normalized spacial score (nSPS) is 24.8. The van der Waals surface area contributed by atoms with E-state index in [4.69, 9.17) is 14.2 Å². The molecular weight excluding hydrogens is 288 g/mol. The van der Waals surface area contributed by atoms with Crippen LogP contribution in [0.4, 0.5) is 0 Å². The number of hydrogen-bond donors (Lipinski definition) is 2. The molecule has 0 aromatic carbocycles. The first kappa shape index (κ1) is 16.7. The van der Waals surface area contributed by atoms with E-state index in [0.717, 1.165) is 0 Å². The molecule has 1 saturated heterocycles. The number of aliphatic hydroxyl groups is 1. The first-order chi connectivity index (χ1) is 10.7. The van der Waals surface area contributed by atoms with Gasteiger partial charge in [0.05, 0.1) is 31.5 Å². The SMILES string of the molecule is CCOc1ccc(C(=O)NC[C@@H]2COC[C@@H](OC)[C@H]2O)cn1. The molecule has 1 aliphatic rings. The summed E-state index contributed by atoms with van der Waals surface area (Å²) in [5, 5.41) is 12.9. The van der Waals surface area contributed by atoms with Gasteiger partial charge in [0.1, 0.15) is 6.10 Å². The minimum absolute atomic E-state index is 0.196. The smallest absolute Gasteiger partial charge is 0.252 e. The van der Waals surface area contributed by atoms with E-state index in [2.05, 4.69) is 10.3 Å². The lowest BCUT2D eigenvalue weighted by molar-refractivity contribution is -0.132. The van der Waals surface area contributed by atoms with Gasteiger partial charge in [-0.1, -0.05) is 0 Å². The minimum Gasteiger partial charge on any atom is -0.478 e. The average Bonchev–Trinajstić information content (AvgIpc) is 2.54. The van der Waals surface area contributed by atoms with E-state index in [9.17, 15) is 9.90 Å². The Morgan fingerprint density at radius 2 is 2.32 bits per heavy atom. The number of aliphatic hydroxyl groups excluding tert-OH is 1. The van der Waals surface area contributed by atoms with Crippen LogP contribution in [-0.2, 0) is 9.47 Å². The van der Waals surface area contributed by atoms with Gasteiger partial charge >= 0.3 is 0 Å². The van der Waals surface area contributed by atoms with Gasteiger partial charge in [-0.15, -0.1) is 0 Å². The average molecular weight is 310 g/mol. The van der Waals surface area contributed by atoms with Gasteiger partial charge in [-0.25, -0.2) is 4.98 Å². The maximum Gasteiger partial charge on any atom is 0.252 e. The molecule has 2 rings (SSSR count). The summed E-state index contributed by atoms with van der Waals surface area (Å²) >= 11 is 0. The lowest BCUT2D eigenvalue weighted by Crippen LogP contribution is -2.49. The van der Waals surface area contributed by atoms with Crippen molar-refractivity contribution in [3.8, 4) is 5.88 Å². The molecule has 0 unspecified atom stereocenters. The number of methoxy groups -OCH3 is 1. The first-order valence-corrected chi connectivity index (χ1v) is 7.31. The number of carbonyl (C=O) groups is 1. The number of amides is 1. The molecule has 1 aromatic heterocycles. The Labute approximate surface area is 129 Å². The number of nitrogens with one attached hydrogen (secondary N) is 1. The van der Waals surface area contributed by atoms with Crippen molar-refractivity contribution < 1.29 is 24.1 Å². The number of aromatic nitrogens is 1. The van der Waals surface area contributed by atoms with E-state index in [0.29, 0.717) is 37.8 Å². The molecule has 1 aromatic rings. The molecule has 22 heavy (non-hydrogen) atoms. The van der Waals surface area contributed by atoms with Gasteiger partial charge < -0.3 is 24.6 Å². The van der Waals surface area contributed by atoms with Crippen LogP contribution in [0.2, 0.25) is 0 Å². The van der Waals surface area contributed by atoms with Gasteiger partial charge in [-0.2, -0.15) is 0 Å². The molecule has 7 heteroatoms. The molecular formula is C15H22N2O5. The summed E-state index contributed by atoms with van der Waals surface area (Å²) < 4.78 is 15.7. The van der Waals surface area contributed by atoms with Crippen LogP contribution in [0, 0.1) is 5.92 Å². The van der Waals surface area contributed by atoms with Gasteiger partial charge in [-0.05, 0) is 13.0 Å². The third-order valence-corrected chi connectivity index (χ3v) is 3.60. The number of nitrogens with zero attached hydrogens (tertiary/aromatic N) is 1. The van der Waals surface area contributed by atoms with Crippen molar-refractivity contribution >= 4 is 5.91 Å². The molecule has 0 aliphatic carbocycles. The minimum atomic E-state index is -0.655. The second-order valence-corrected chi connectivity index (χ2v) is 5.09. The van der Waals surface area contributed by atoms with E-state index >= 15 is 0 Å². The van der Waals surface area contributed by atoms with E-state index < -0.39 is 6.10 Å². The van der Waals surface area contributed by atoms with Crippen molar-refractivity contribution in [1.82, 2.24) is 10.3 Å². The van der Waals surface area contributed by atoms with Crippen molar-refractivity contribution in [1.29, 1.82) is 0 Å². The highest BCUT2D eigenvalue weighted by Gasteiger charge is 2.32. The Balaban J connectivity index is 1.86. The fraction of sp³-hybridized carbons (Fsp3) is 0.600. The summed E-state index contributed by atoms with van der Waals surface area (Å²) in [4.78, 5) is 16.1. The number of ether oxygens (including phenoxy) is 3. The molecule has 2 heterocycles. The topological polar surface area (TPSA) is 89.9 Å². The van der Waals surface area contributed by atoms with Crippen molar-refractivity contribution in [3.63, 3.8) is 0 Å². The Hall–Kier alpha value is -1.70. The molecule has 7 nitrogen and oxygen atoms in total. The van der Waals surface area contributed by atoms with Gasteiger partial charge in [0.2, 0.25) is 5.88 Å². The highest BCUT2D eigenvalue weighted by atomic mass is 16.5. The molecule has 1 aliphatic heterocycles. The number of pyridine rings is 1. The summed E-state index contributed by atoms with van der Waals surface area (Å²) in [6, 6.07) is 3.30. The second-order valence-electron chi connectivity index (χ2n) is 5.09. The van der Waals surface area contributed by atoms with Gasteiger partial charge in [-0.3, -0.25) is 4.79 Å². The van der Waals surface area contributed by atoms with E-state index in [-0.39, 0.29) is 17.9 Å². The van der Waals surface area contributed by atoms with Gasteiger partial charge in [0, 0.05) is 31.8 Å². The van der Waals surface area contributed by atoms with Crippen molar-refractivity contribution in [2.24, 2.45) is 5.92 Å². The fourth-order valence-corrected chi connectivity index (χ4v) is 2.30. The van der Waals surface area contributed by atoms with Crippen LogP contribution in [0.3, 0.4) is 0 Å². The first-order valence-electron chi connectivity index (χ1n) is 7.31. The number of hydrogen-bond acceptors (Lipinski definition) is 6. The second kappa shape index (κ2) is 8.07. The lowest BCUT2D eigenvalue weighted by atomic mass is 9.96. The highest BCUT2D eigenvalue weighted by molar-refractivity contribution is 5.93. The summed E-state index contributed by atoms with van der Waals surface area (Å²) in [7, 11) is 1.53. The monoisotopic (exact) mass is 310 g/mol. The predicted octanol–water partition coefficient (Wildman–Crippen LogP) is 0.232. The molecule has 1 amide bonds. The molecule has 0 bridgehead atoms. The Bertz CT molecular complexity index is 479. The zero-order valence-electron chi connectivity index (χ0n) is 12.8. The fourth-order valence-electron chi connectivity index (χ4n) is 2.30. The van der Waals surface area contributed by atoms with Crippen LogP contribution in [0.1, 0.15) is 17.3 Å². The maximum atomic E-state index is 12.1. The molecule has 0 radical (unpaired) electrons. The Kier molecular flexibility index (Phi) is 6.11. The third kappa shape index (κ3) is 4.16. The maximum absolute atomic E-state index is 12.1. The van der Waals surface area contributed by atoms with Crippen LogP contribution in [-0.4, -0.2) is 61.7 Å². The van der Waals surface area contributed by atoms with Crippen molar-refractivity contribution in [2.75, 3.05) is 33.5 Å². The van der Waals surface area contributed by atoms with Crippen LogP contribution in [0.25, 0.3) is 0 Å². The summed E-state index contributed by atoms with van der Waals surface area (Å²) in [5.41, 5.74) is 0.443. The van der Waals surface area contributed by atoms with E-state index in [1.807, 2.05) is 6.92 Å². The molecule has 0 saturated carbocycles. The molecule has 2 N–H and O–H groups in total. The summed E-state index contributed by atoms with van der Waals surface area (Å²) in [5.74, 6) is 0.0404. The van der Waals surface area contributed by atoms with Crippen molar-refractivity contribution in [2.45, 2.75) is 19.1 Å². The third-order valence-electron chi connectivity index (χ3n) is 3.60. The number of carbonyl (C=O) groups excluding carboxylic acids is 1. The van der Waals surface area contributed by atoms with Gasteiger partial charge in [0.25, 0.3) is 5.91 Å². The van der Waals surface area contributed by atoms with Crippen LogP contribution >= 0.6 is 0 Å². The summed E-state index contributed by atoms with van der Waals surface area (Å²) in [6.07, 6.45) is 0.451. The largest absolute Gasteiger partial charge is 0.478 e. The molecule has 0 spiro atoms. The number of rotatable bonds is 6. The van der Waals surface area contributed by atoms with E-state index in [1.54, 1.807) is 12.1 Å². The Morgan fingerprint density at radius 1 is 1.50 bits per heavy atom. The standard InChI is InChI=1S/C15H22N2O5/c1-3-22-13-5-4-10(6-16-13)15(19)17-7-11-8-21-9-12(20-2)14(11)18/h4-6,11-12,14,18H,3,7-9H2,1-2H3,(H,17,19)/t11-,12-,14+/m1/s1. The van der Waals surface area contributed by atoms with Crippen LogP contribution in [0.5, 0.6) is 5.88 Å². The zero-order chi connectivity index (χ0) is 15.9. The van der Waals surface area contributed by atoms with E-state index in [1.165, 1.54) is 13.3 Å².